The highest BCUT2D eigenvalue weighted by molar-refractivity contribution is 7.16. The van der Waals surface area contributed by atoms with Crippen molar-refractivity contribution in [2.75, 3.05) is 18.4 Å². The van der Waals surface area contributed by atoms with Crippen molar-refractivity contribution in [2.24, 2.45) is 0 Å². The number of rotatable bonds is 4. The van der Waals surface area contributed by atoms with Crippen LogP contribution in [0.15, 0.2) is 0 Å². The number of likely N-dealkylation sites (tertiary alicyclic amines) is 1. The zero-order valence-corrected chi connectivity index (χ0v) is 12.8. The Morgan fingerprint density at radius 3 is 2.60 bits per heavy atom. The summed E-state index contributed by atoms with van der Waals surface area (Å²) in [5, 5.41) is 12.9. The highest BCUT2D eigenvalue weighted by Gasteiger charge is 2.31. The molecule has 20 heavy (non-hydrogen) atoms. The lowest BCUT2D eigenvalue weighted by Gasteiger charge is -2.20. The van der Waals surface area contributed by atoms with Crippen LogP contribution in [0.2, 0.25) is 0 Å². The number of nitrogens with one attached hydrogen (secondary N) is 1. The van der Waals surface area contributed by atoms with Crippen LogP contribution in [-0.4, -0.2) is 41.0 Å². The molecule has 1 amide bonds. The Kier molecular flexibility index (Phi) is 4.45. The van der Waals surface area contributed by atoms with Gasteiger partial charge in [-0.2, -0.15) is 0 Å². The van der Waals surface area contributed by atoms with Gasteiger partial charge in [0.1, 0.15) is 6.04 Å². The van der Waals surface area contributed by atoms with Crippen molar-refractivity contribution in [3.8, 4) is 0 Å². The highest BCUT2D eigenvalue weighted by atomic mass is 32.1. The summed E-state index contributed by atoms with van der Waals surface area (Å²) in [6.07, 6.45) is 1.46. The summed E-state index contributed by atoms with van der Waals surface area (Å²) in [4.78, 5) is 26.1. The highest BCUT2D eigenvalue weighted by Crippen LogP contribution is 2.31. The Bertz CT molecular complexity index is 539. The van der Waals surface area contributed by atoms with E-state index in [9.17, 15) is 9.59 Å². The molecule has 0 saturated carbocycles. The Morgan fingerprint density at radius 2 is 2.05 bits per heavy atom. The molecule has 0 spiro atoms. The van der Waals surface area contributed by atoms with Crippen molar-refractivity contribution in [1.82, 2.24) is 4.90 Å². The molecule has 110 valence electrons. The van der Waals surface area contributed by atoms with Crippen molar-refractivity contribution < 1.29 is 14.7 Å². The molecule has 1 atom stereocenters. The van der Waals surface area contributed by atoms with Gasteiger partial charge in [-0.15, -0.1) is 11.3 Å². The van der Waals surface area contributed by atoms with E-state index in [4.69, 9.17) is 5.11 Å². The monoisotopic (exact) mass is 296 g/mol. The van der Waals surface area contributed by atoms with E-state index in [1.807, 2.05) is 20.8 Å². The van der Waals surface area contributed by atoms with Crippen molar-refractivity contribution in [2.45, 2.75) is 39.7 Å². The number of carbonyl (C=O) groups is 2. The summed E-state index contributed by atoms with van der Waals surface area (Å²) in [5.74, 6) is -0.975. The Hall–Kier alpha value is -1.40. The number of hydrogen-bond donors (Lipinski definition) is 2. The fraction of sp³-hybridized carbons (Fsp3) is 0.571. The van der Waals surface area contributed by atoms with E-state index < -0.39 is 12.0 Å². The van der Waals surface area contributed by atoms with Crippen molar-refractivity contribution in [1.29, 1.82) is 0 Å². The van der Waals surface area contributed by atoms with Crippen LogP contribution < -0.4 is 5.32 Å². The third-order valence-corrected chi connectivity index (χ3v) is 5.16. The quantitative estimate of drug-likeness (QED) is 0.893. The average molecular weight is 296 g/mol. The number of carboxylic acid groups (broad SMARTS) is 1. The van der Waals surface area contributed by atoms with Gasteiger partial charge in [0, 0.05) is 4.88 Å². The van der Waals surface area contributed by atoms with Crippen LogP contribution in [0.25, 0.3) is 0 Å². The molecule has 0 radical (unpaired) electrons. The Labute approximate surface area is 122 Å². The normalized spacial score (nSPS) is 19.2. The second-order valence-electron chi connectivity index (χ2n) is 5.25. The number of hydrogen-bond acceptors (Lipinski definition) is 4. The molecule has 2 rings (SSSR count). The molecule has 1 aliphatic heterocycles. The molecular formula is C14H20N2O3S. The molecule has 2 heterocycles. The first-order valence-electron chi connectivity index (χ1n) is 6.73. The molecule has 5 nitrogen and oxygen atoms in total. The molecule has 0 aromatic carbocycles. The van der Waals surface area contributed by atoms with Crippen molar-refractivity contribution >= 4 is 28.2 Å². The predicted molar refractivity (Wildman–Crippen MR) is 79.4 cm³/mol. The maximum atomic E-state index is 12.1. The number of carbonyl (C=O) groups excluding carboxylic acids is 1. The number of aryl methyl sites for hydroxylation is 1. The summed E-state index contributed by atoms with van der Waals surface area (Å²) in [7, 11) is 0. The van der Waals surface area contributed by atoms with Gasteiger partial charge in [-0.05, 0) is 51.3 Å². The minimum Gasteiger partial charge on any atom is -0.480 e. The SMILES string of the molecule is Cc1sc(NC(=O)CN2CCC[C@H]2C(=O)O)c(C)c1C. The molecule has 0 bridgehead atoms. The first-order valence-corrected chi connectivity index (χ1v) is 7.55. The summed E-state index contributed by atoms with van der Waals surface area (Å²) in [6, 6.07) is -0.520. The van der Waals surface area contributed by atoms with Crippen LogP contribution in [0.5, 0.6) is 0 Å². The first kappa shape index (κ1) is 15.0. The predicted octanol–water partition coefficient (Wildman–Crippen LogP) is 2.16. The first-order chi connectivity index (χ1) is 9.40. The molecule has 0 aliphatic carbocycles. The van der Waals surface area contributed by atoms with E-state index >= 15 is 0 Å². The van der Waals surface area contributed by atoms with Crippen LogP contribution in [0.4, 0.5) is 5.00 Å². The molecule has 0 unspecified atom stereocenters. The molecule has 1 fully saturated rings. The van der Waals surface area contributed by atoms with E-state index in [1.54, 1.807) is 16.2 Å². The van der Waals surface area contributed by atoms with Gasteiger partial charge < -0.3 is 10.4 Å². The van der Waals surface area contributed by atoms with Crippen LogP contribution in [0.3, 0.4) is 0 Å². The van der Waals surface area contributed by atoms with E-state index in [1.165, 1.54) is 10.4 Å². The maximum absolute atomic E-state index is 12.1. The molecular weight excluding hydrogens is 276 g/mol. The van der Waals surface area contributed by atoms with E-state index in [0.29, 0.717) is 13.0 Å². The summed E-state index contributed by atoms with van der Waals surface area (Å²) in [6.45, 7) is 6.88. The summed E-state index contributed by atoms with van der Waals surface area (Å²) < 4.78 is 0. The van der Waals surface area contributed by atoms with Gasteiger partial charge in [-0.1, -0.05) is 0 Å². The zero-order valence-electron chi connectivity index (χ0n) is 12.0. The van der Waals surface area contributed by atoms with Gasteiger partial charge in [0.05, 0.1) is 11.5 Å². The topological polar surface area (TPSA) is 69.6 Å². The van der Waals surface area contributed by atoms with Gasteiger partial charge in [-0.3, -0.25) is 14.5 Å². The third kappa shape index (κ3) is 3.02. The molecule has 2 N–H and O–H groups in total. The number of nitrogens with zero attached hydrogens (tertiary/aromatic N) is 1. The van der Waals surface area contributed by atoms with Gasteiger partial charge in [-0.25, -0.2) is 0 Å². The lowest BCUT2D eigenvalue weighted by molar-refractivity contribution is -0.142. The zero-order chi connectivity index (χ0) is 14.9. The van der Waals surface area contributed by atoms with Crippen LogP contribution in [0, 0.1) is 20.8 Å². The minimum atomic E-state index is -0.839. The summed E-state index contributed by atoms with van der Waals surface area (Å²) >= 11 is 1.57. The van der Waals surface area contributed by atoms with E-state index in [2.05, 4.69) is 5.32 Å². The molecule has 1 aliphatic rings. The van der Waals surface area contributed by atoms with E-state index in [-0.39, 0.29) is 12.5 Å². The van der Waals surface area contributed by atoms with Crippen LogP contribution in [0.1, 0.15) is 28.8 Å². The average Bonchev–Trinajstić information content (AvgIpc) is 2.91. The van der Waals surface area contributed by atoms with Crippen molar-refractivity contribution in [3.05, 3.63) is 16.0 Å². The van der Waals surface area contributed by atoms with Gasteiger partial charge >= 0.3 is 5.97 Å². The standard InChI is InChI=1S/C14H20N2O3S/c1-8-9(2)13(20-10(8)3)15-12(17)7-16-6-4-5-11(16)14(18)19/h11H,4-7H2,1-3H3,(H,15,17)(H,18,19)/t11-/m0/s1. The molecule has 1 aromatic heterocycles. The molecule has 1 aromatic rings. The number of carboxylic acids is 1. The largest absolute Gasteiger partial charge is 0.480 e. The van der Waals surface area contributed by atoms with E-state index in [0.717, 1.165) is 17.0 Å². The van der Waals surface area contributed by atoms with Crippen LogP contribution in [-0.2, 0) is 9.59 Å². The summed E-state index contributed by atoms with van der Waals surface area (Å²) in [5.41, 5.74) is 2.30. The molecule has 6 heteroatoms. The minimum absolute atomic E-state index is 0.137. The van der Waals surface area contributed by atoms with Gasteiger partial charge in [0.25, 0.3) is 0 Å². The number of amides is 1. The lowest BCUT2D eigenvalue weighted by atomic mass is 10.2. The smallest absolute Gasteiger partial charge is 0.320 e. The van der Waals surface area contributed by atoms with Gasteiger partial charge in [0.2, 0.25) is 5.91 Å². The fourth-order valence-corrected chi connectivity index (χ4v) is 3.59. The molecule has 1 saturated heterocycles. The third-order valence-electron chi connectivity index (χ3n) is 3.93. The fourth-order valence-electron chi connectivity index (χ4n) is 2.51. The Balaban J connectivity index is 1.99. The number of anilines is 1. The van der Waals surface area contributed by atoms with Gasteiger partial charge in [0.15, 0.2) is 0 Å². The van der Waals surface area contributed by atoms with Crippen LogP contribution >= 0.6 is 11.3 Å². The Morgan fingerprint density at radius 1 is 1.35 bits per heavy atom. The lowest BCUT2D eigenvalue weighted by Crippen LogP contribution is -2.40. The maximum Gasteiger partial charge on any atom is 0.320 e. The van der Waals surface area contributed by atoms with Crippen molar-refractivity contribution in [3.63, 3.8) is 0 Å². The second-order valence-corrected chi connectivity index (χ2v) is 6.48. The number of aliphatic carboxylic acids is 1. The number of thiophene rings is 1. The second kappa shape index (κ2) is 5.93.